The Labute approximate surface area is 102 Å². The Bertz CT molecular complexity index is 414. The minimum absolute atomic E-state index is 0.285. The molecular weight excluding hydrogens is 216 g/mol. The van der Waals surface area contributed by atoms with Crippen molar-refractivity contribution >= 4 is 5.97 Å². The largest absolute Gasteiger partial charge is 0.466 e. The van der Waals surface area contributed by atoms with E-state index in [1.807, 2.05) is 25.3 Å². The van der Waals surface area contributed by atoms with Gasteiger partial charge in [-0.1, -0.05) is 6.08 Å². The van der Waals surface area contributed by atoms with E-state index < -0.39 is 0 Å². The predicted molar refractivity (Wildman–Crippen MR) is 66.5 cm³/mol. The topological polar surface area (TPSA) is 51.2 Å². The molecule has 0 saturated carbocycles. The van der Waals surface area contributed by atoms with Crippen LogP contribution in [-0.4, -0.2) is 24.6 Å². The zero-order valence-electron chi connectivity index (χ0n) is 10.5. The molecule has 0 unspecified atom stereocenters. The summed E-state index contributed by atoms with van der Waals surface area (Å²) < 4.78 is 4.60. The van der Waals surface area contributed by atoms with Crippen LogP contribution in [0.3, 0.4) is 0 Å². The molecule has 0 aliphatic rings. The molecule has 92 valence electrons. The molecule has 0 fully saturated rings. The van der Waals surface area contributed by atoms with Gasteiger partial charge < -0.3 is 10.1 Å². The third-order valence-electron chi connectivity index (χ3n) is 2.51. The van der Waals surface area contributed by atoms with Crippen molar-refractivity contribution in [1.29, 1.82) is 0 Å². The summed E-state index contributed by atoms with van der Waals surface area (Å²) in [6, 6.07) is 1.99. The maximum absolute atomic E-state index is 11.1. The number of hydrogen-bond donors (Lipinski definition) is 1. The fraction of sp³-hybridized carbons (Fsp3) is 0.385. The first-order chi connectivity index (χ1) is 8.15. The molecule has 1 heterocycles. The molecule has 0 radical (unpaired) electrons. The van der Waals surface area contributed by atoms with Crippen LogP contribution in [0.5, 0.6) is 0 Å². The van der Waals surface area contributed by atoms with Crippen molar-refractivity contribution < 1.29 is 9.53 Å². The highest BCUT2D eigenvalue weighted by atomic mass is 16.5. The highest BCUT2D eigenvalue weighted by Gasteiger charge is 2.01. The Kier molecular flexibility index (Phi) is 5.36. The van der Waals surface area contributed by atoms with Crippen LogP contribution in [0.25, 0.3) is 0 Å². The number of carbonyl (C=O) groups is 1. The third-order valence-corrected chi connectivity index (χ3v) is 2.51. The van der Waals surface area contributed by atoms with Gasteiger partial charge >= 0.3 is 5.97 Å². The van der Waals surface area contributed by atoms with Crippen molar-refractivity contribution in [3.05, 3.63) is 41.2 Å². The SMILES string of the molecule is COC(=O)/C(C)=C/CNCc1ccncc1C. The molecule has 1 aromatic heterocycles. The molecule has 0 atom stereocenters. The number of aryl methyl sites for hydroxylation is 1. The van der Waals surface area contributed by atoms with Gasteiger partial charge in [-0.25, -0.2) is 4.79 Å². The van der Waals surface area contributed by atoms with Gasteiger partial charge in [0.1, 0.15) is 0 Å². The molecule has 4 heteroatoms. The van der Waals surface area contributed by atoms with Gasteiger partial charge in [0.15, 0.2) is 0 Å². The number of nitrogens with one attached hydrogen (secondary N) is 1. The van der Waals surface area contributed by atoms with Crippen molar-refractivity contribution in [3.8, 4) is 0 Å². The van der Waals surface area contributed by atoms with Gasteiger partial charge in [0.2, 0.25) is 0 Å². The number of nitrogens with zero attached hydrogens (tertiary/aromatic N) is 1. The number of rotatable bonds is 5. The fourth-order valence-electron chi connectivity index (χ4n) is 1.38. The molecule has 1 aromatic rings. The first kappa shape index (κ1) is 13.4. The number of pyridine rings is 1. The Morgan fingerprint density at radius 3 is 3.00 bits per heavy atom. The zero-order valence-corrected chi connectivity index (χ0v) is 10.5. The first-order valence-electron chi connectivity index (χ1n) is 5.50. The maximum Gasteiger partial charge on any atom is 0.333 e. The maximum atomic E-state index is 11.1. The lowest BCUT2D eigenvalue weighted by molar-refractivity contribution is -0.136. The van der Waals surface area contributed by atoms with Crippen molar-refractivity contribution in [2.24, 2.45) is 0 Å². The molecule has 0 bridgehead atoms. The Hall–Kier alpha value is -1.68. The van der Waals surface area contributed by atoms with E-state index in [1.54, 1.807) is 13.1 Å². The Morgan fingerprint density at radius 1 is 1.59 bits per heavy atom. The average molecular weight is 234 g/mol. The van der Waals surface area contributed by atoms with Crippen molar-refractivity contribution in [3.63, 3.8) is 0 Å². The normalized spacial score (nSPS) is 11.4. The van der Waals surface area contributed by atoms with E-state index in [0.717, 1.165) is 12.1 Å². The predicted octanol–water partition coefficient (Wildman–Crippen LogP) is 1.60. The van der Waals surface area contributed by atoms with E-state index in [1.165, 1.54) is 12.7 Å². The van der Waals surface area contributed by atoms with Crippen LogP contribution in [0.1, 0.15) is 18.1 Å². The summed E-state index contributed by atoms with van der Waals surface area (Å²) in [7, 11) is 1.38. The van der Waals surface area contributed by atoms with Crippen LogP contribution in [0, 0.1) is 6.92 Å². The second-order valence-corrected chi connectivity index (χ2v) is 3.81. The van der Waals surface area contributed by atoms with Gasteiger partial charge in [-0.15, -0.1) is 0 Å². The highest BCUT2D eigenvalue weighted by Crippen LogP contribution is 2.03. The second kappa shape index (κ2) is 6.81. The second-order valence-electron chi connectivity index (χ2n) is 3.81. The summed E-state index contributed by atoms with van der Waals surface area (Å²) in [5.41, 5.74) is 2.99. The minimum atomic E-state index is -0.285. The highest BCUT2D eigenvalue weighted by molar-refractivity contribution is 5.87. The van der Waals surface area contributed by atoms with Gasteiger partial charge in [0, 0.05) is 31.1 Å². The molecule has 0 aliphatic carbocycles. The molecule has 0 amide bonds. The number of carbonyl (C=O) groups excluding carboxylic acids is 1. The number of methoxy groups -OCH3 is 1. The van der Waals surface area contributed by atoms with E-state index in [-0.39, 0.29) is 5.97 Å². The Morgan fingerprint density at radius 2 is 2.35 bits per heavy atom. The molecule has 0 aliphatic heterocycles. The van der Waals surface area contributed by atoms with E-state index in [0.29, 0.717) is 12.1 Å². The van der Waals surface area contributed by atoms with Crippen LogP contribution >= 0.6 is 0 Å². The summed E-state index contributed by atoms with van der Waals surface area (Å²) in [5.74, 6) is -0.285. The number of esters is 1. The number of hydrogen-bond acceptors (Lipinski definition) is 4. The molecule has 0 saturated heterocycles. The quantitative estimate of drug-likeness (QED) is 0.477. The van der Waals surface area contributed by atoms with Crippen LogP contribution in [0.4, 0.5) is 0 Å². The lowest BCUT2D eigenvalue weighted by Crippen LogP contribution is -2.15. The van der Waals surface area contributed by atoms with E-state index in [2.05, 4.69) is 15.0 Å². The molecular formula is C13H18N2O2. The van der Waals surface area contributed by atoms with Crippen molar-refractivity contribution in [1.82, 2.24) is 10.3 Å². The molecule has 0 aromatic carbocycles. The molecule has 0 spiro atoms. The number of aromatic nitrogens is 1. The summed E-state index contributed by atoms with van der Waals surface area (Å²) in [6.45, 7) is 5.17. The first-order valence-corrected chi connectivity index (χ1v) is 5.50. The smallest absolute Gasteiger partial charge is 0.333 e. The lowest BCUT2D eigenvalue weighted by Gasteiger charge is -2.05. The van der Waals surface area contributed by atoms with Crippen molar-refractivity contribution in [2.75, 3.05) is 13.7 Å². The monoisotopic (exact) mass is 234 g/mol. The standard InChI is InChI=1S/C13H18N2O2/c1-10(13(16)17-3)4-6-15-9-12-5-7-14-8-11(12)2/h4-5,7-8,15H,6,9H2,1-3H3/b10-4+. The van der Waals surface area contributed by atoms with Gasteiger partial charge in [0.25, 0.3) is 0 Å². The van der Waals surface area contributed by atoms with Gasteiger partial charge in [-0.3, -0.25) is 4.98 Å². The molecule has 4 nitrogen and oxygen atoms in total. The van der Waals surface area contributed by atoms with Crippen molar-refractivity contribution in [2.45, 2.75) is 20.4 Å². The van der Waals surface area contributed by atoms with Crippen LogP contribution < -0.4 is 5.32 Å². The Balaban J connectivity index is 2.39. The summed E-state index contributed by atoms with van der Waals surface area (Å²) in [4.78, 5) is 15.1. The summed E-state index contributed by atoms with van der Waals surface area (Å²) in [6.07, 6.45) is 5.44. The van der Waals surface area contributed by atoms with E-state index >= 15 is 0 Å². The fourth-order valence-corrected chi connectivity index (χ4v) is 1.38. The van der Waals surface area contributed by atoms with Crippen LogP contribution in [0.15, 0.2) is 30.1 Å². The van der Waals surface area contributed by atoms with E-state index in [9.17, 15) is 4.79 Å². The minimum Gasteiger partial charge on any atom is -0.466 e. The van der Waals surface area contributed by atoms with Gasteiger partial charge in [-0.2, -0.15) is 0 Å². The lowest BCUT2D eigenvalue weighted by atomic mass is 10.1. The molecule has 1 N–H and O–H groups in total. The van der Waals surface area contributed by atoms with Crippen LogP contribution in [-0.2, 0) is 16.1 Å². The summed E-state index contributed by atoms with van der Waals surface area (Å²) in [5, 5.41) is 3.24. The number of ether oxygens (including phenoxy) is 1. The van der Waals surface area contributed by atoms with Crippen LogP contribution in [0.2, 0.25) is 0 Å². The third kappa shape index (κ3) is 4.36. The van der Waals surface area contributed by atoms with Gasteiger partial charge in [0.05, 0.1) is 7.11 Å². The molecule has 1 rings (SSSR count). The van der Waals surface area contributed by atoms with E-state index in [4.69, 9.17) is 0 Å². The average Bonchev–Trinajstić information content (AvgIpc) is 2.35. The molecule has 17 heavy (non-hydrogen) atoms. The zero-order chi connectivity index (χ0) is 12.7. The summed E-state index contributed by atoms with van der Waals surface area (Å²) >= 11 is 0. The van der Waals surface area contributed by atoms with Gasteiger partial charge in [-0.05, 0) is 31.0 Å².